The van der Waals surface area contributed by atoms with Gasteiger partial charge in [0, 0.05) is 6.54 Å². The zero-order chi connectivity index (χ0) is 15.1. The SMILES string of the molecule is COc1cc(Br)c(OC)c(C(=O)NCCCC(C)O)c1. The molecule has 0 radical (unpaired) electrons. The Morgan fingerprint density at radius 2 is 2.10 bits per heavy atom. The molecule has 0 bridgehead atoms. The maximum atomic E-state index is 12.2. The van der Waals surface area contributed by atoms with Crippen LogP contribution < -0.4 is 14.8 Å². The summed E-state index contributed by atoms with van der Waals surface area (Å²) in [7, 11) is 3.05. The van der Waals surface area contributed by atoms with Gasteiger partial charge in [0.2, 0.25) is 0 Å². The molecule has 0 saturated heterocycles. The Bertz CT molecular complexity index is 463. The van der Waals surface area contributed by atoms with E-state index in [1.165, 1.54) is 7.11 Å². The van der Waals surface area contributed by atoms with E-state index in [-0.39, 0.29) is 12.0 Å². The van der Waals surface area contributed by atoms with Crippen LogP contribution in [0.4, 0.5) is 0 Å². The number of rotatable bonds is 7. The third-order valence-corrected chi connectivity index (χ3v) is 3.37. The number of carbonyl (C=O) groups is 1. The summed E-state index contributed by atoms with van der Waals surface area (Å²) in [6.07, 6.45) is 1.02. The summed E-state index contributed by atoms with van der Waals surface area (Å²) in [5, 5.41) is 12.0. The molecule has 0 spiro atoms. The quantitative estimate of drug-likeness (QED) is 0.744. The number of hydrogen-bond acceptors (Lipinski definition) is 4. The second-order valence-electron chi connectivity index (χ2n) is 4.44. The molecule has 2 N–H and O–H groups in total. The molecular formula is C14H20BrNO4. The van der Waals surface area contributed by atoms with E-state index in [1.54, 1.807) is 26.2 Å². The van der Waals surface area contributed by atoms with E-state index in [9.17, 15) is 4.79 Å². The molecule has 1 unspecified atom stereocenters. The number of aliphatic hydroxyl groups excluding tert-OH is 1. The number of amides is 1. The molecule has 5 nitrogen and oxygen atoms in total. The Morgan fingerprint density at radius 1 is 1.40 bits per heavy atom. The predicted molar refractivity (Wildman–Crippen MR) is 80.5 cm³/mol. The summed E-state index contributed by atoms with van der Waals surface area (Å²) in [6.45, 7) is 2.23. The van der Waals surface area contributed by atoms with E-state index in [0.717, 1.165) is 6.42 Å². The van der Waals surface area contributed by atoms with Gasteiger partial charge in [0.1, 0.15) is 11.5 Å². The molecule has 0 aliphatic carbocycles. The number of methoxy groups -OCH3 is 2. The molecule has 0 aromatic heterocycles. The summed E-state index contributed by atoms with van der Waals surface area (Å²) in [4.78, 5) is 12.2. The van der Waals surface area contributed by atoms with Crippen molar-refractivity contribution in [3.05, 3.63) is 22.2 Å². The summed E-state index contributed by atoms with van der Waals surface area (Å²) in [5.74, 6) is 0.817. The van der Waals surface area contributed by atoms with Crippen LogP contribution in [0.1, 0.15) is 30.1 Å². The number of ether oxygens (including phenoxy) is 2. The van der Waals surface area contributed by atoms with Crippen molar-refractivity contribution in [1.29, 1.82) is 0 Å². The maximum absolute atomic E-state index is 12.2. The van der Waals surface area contributed by atoms with Gasteiger partial charge in [-0.1, -0.05) is 0 Å². The third kappa shape index (κ3) is 4.68. The second-order valence-corrected chi connectivity index (χ2v) is 5.29. The highest BCUT2D eigenvalue weighted by atomic mass is 79.9. The Kier molecular flexibility index (Phi) is 6.81. The molecule has 0 aliphatic rings. The van der Waals surface area contributed by atoms with E-state index < -0.39 is 0 Å². The lowest BCUT2D eigenvalue weighted by Crippen LogP contribution is -2.25. The Balaban J connectivity index is 2.78. The molecule has 1 aromatic carbocycles. The van der Waals surface area contributed by atoms with Crippen LogP contribution in [-0.2, 0) is 0 Å². The van der Waals surface area contributed by atoms with Gasteiger partial charge in [-0.25, -0.2) is 0 Å². The number of hydrogen-bond donors (Lipinski definition) is 2. The second kappa shape index (κ2) is 8.11. The first-order chi connectivity index (χ1) is 9.49. The molecule has 0 fully saturated rings. The molecule has 1 atom stereocenters. The van der Waals surface area contributed by atoms with Gasteiger partial charge in [0.25, 0.3) is 5.91 Å². The lowest BCUT2D eigenvalue weighted by atomic mass is 10.1. The number of aliphatic hydroxyl groups is 1. The first-order valence-corrected chi connectivity index (χ1v) is 7.16. The van der Waals surface area contributed by atoms with Crippen LogP contribution in [-0.4, -0.2) is 37.9 Å². The first-order valence-electron chi connectivity index (χ1n) is 6.37. The van der Waals surface area contributed by atoms with Crippen molar-refractivity contribution < 1.29 is 19.4 Å². The fourth-order valence-electron chi connectivity index (χ4n) is 1.76. The van der Waals surface area contributed by atoms with Crippen molar-refractivity contribution in [2.45, 2.75) is 25.9 Å². The van der Waals surface area contributed by atoms with Gasteiger partial charge in [-0.15, -0.1) is 0 Å². The molecule has 0 heterocycles. The zero-order valence-corrected chi connectivity index (χ0v) is 13.5. The van der Waals surface area contributed by atoms with Gasteiger partial charge in [-0.05, 0) is 47.8 Å². The maximum Gasteiger partial charge on any atom is 0.255 e. The van der Waals surface area contributed by atoms with Crippen LogP contribution in [0.5, 0.6) is 11.5 Å². The van der Waals surface area contributed by atoms with Crippen LogP contribution in [0, 0.1) is 0 Å². The average molecular weight is 346 g/mol. The summed E-state index contributed by atoms with van der Waals surface area (Å²) in [5.41, 5.74) is 0.413. The van der Waals surface area contributed by atoms with E-state index in [0.29, 0.717) is 34.5 Å². The number of halogens is 1. The summed E-state index contributed by atoms with van der Waals surface area (Å²) >= 11 is 3.35. The third-order valence-electron chi connectivity index (χ3n) is 2.79. The highest BCUT2D eigenvalue weighted by Crippen LogP contribution is 2.33. The van der Waals surface area contributed by atoms with Gasteiger partial charge < -0.3 is 19.9 Å². The number of benzene rings is 1. The predicted octanol–water partition coefficient (Wildman–Crippen LogP) is 2.36. The minimum absolute atomic E-state index is 0.230. The lowest BCUT2D eigenvalue weighted by Gasteiger charge is -2.13. The van der Waals surface area contributed by atoms with Crippen LogP contribution in [0.3, 0.4) is 0 Å². The topological polar surface area (TPSA) is 67.8 Å². The molecule has 20 heavy (non-hydrogen) atoms. The molecule has 1 rings (SSSR count). The van der Waals surface area contributed by atoms with Gasteiger partial charge in [-0.2, -0.15) is 0 Å². The van der Waals surface area contributed by atoms with Crippen LogP contribution in [0.25, 0.3) is 0 Å². The molecule has 1 aromatic rings. The Labute approximate surface area is 127 Å². The van der Waals surface area contributed by atoms with Crippen molar-refractivity contribution in [2.24, 2.45) is 0 Å². The lowest BCUT2D eigenvalue weighted by molar-refractivity contribution is 0.0946. The fraction of sp³-hybridized carbons (Fsp3) is 0.500. The van der Waals surface area contributed by atoms with Crippen molar-refractivity contribution in [3.8, 4) is 11.5 Å². The molecule has 6 heteroatoms. The van der Waals surface area contributed by atoms with E-state index >= 15 is 0 Å². The van der Waals surface area contributed by atoms with Crippen LogP contribution in [0.15, 0.2) is 16.6 Å². The van der Waals surface area contributed by atoms with Gasteiger partial charge in [0.05, 0.1) is 30.4 Å². The summed E-state index contributed by atoms with van der Waals surface area (Å²) in [6, 6.07) is 3.37. The van der Waals surface area contributed by atoms with Crippen molar-refractivity contribution in [2.75, 3.05) is 20.8 Å². The Hall–Kier alpha value is -1.27. The minimum Gasteiger partial charge on any atom is -0.497 e. The van der Waals surface area contributed by atoms with Gasteiger partial charge >= 0.3 is 0 Å². The molecular weight excluding hydrogens is 326 g/mol. The van der Waals surface area contributed by atoms with Crippen molar-refractivity contribution in [1.82, 2.24) is 5.32 Å². The number of carbonyl (C=O) groups excluding carboxylic acids is 1. The van der Waals surface area contributed by atoms with Gasteiger partial charge in [0.15, 0.2) is 0 Å². The fourth-order valence-corrected chi connectivity index (χ4v) is 2.36. The largest absolute Gasteiger partial charge is 0.497 e. The Morgan fingerprint density at radius 3 is 2.65 bits per heavy atom. The van der Waals surface area contributed by atoms with Crippen molar-refractivity contribution in [3.63, 3.8) is 0 Å². The first kappa shape index (κ1) is 16.8. The van der Waals surface area contributed by atoms with E-state index in [2.05, 4.69) is 21.2 Å². The van der Waals surface area contributed by atoms with E-state index in [4.69, 9.17) is 14.6 Å². The normalized spacial score (nSPS) is 11.8. The minimum atomic E-state index is -0.354. The van der Waals surface area contributed by atoms with Crippen molar-refractivity contribution >= 4 is 21.8 Å². The molecule has 0 saturated carbocycles. The van der Waals surface area contributed by atoms with Crippen LogP contribution >= 0.6 is 15.9 Å². The zero-order valence-electron chi connectivity index (χ0n) is 11.9. The van der Waals surface area contributed by atoms with Crippen LogP contribution in [0.2, 0.25) is 0 Å². The van der Waals surface area contributed by atoms with Gasteiger partial charge in [-0.3, -0.25) is 4.79 Å². The number of nitrogens with one attached hydrogen (secondary N) is 1. The highest BCUT2D eigenvalue weighted by Gasteiger charge is 2.16. The standard InChI is InChI=1S/C14H20BrNO4/c1-9(17)5-4-6-16-14(18)11-7-10(19-2)8-12(15)13(11)20-3/h7-9,17H,4-6H2,1-3H3,(H,16,18). The van der Waals surface area contributed by atoms with E-state index in [1.807, 2.05) is 0 Å². The average Bonchev–Trinajstić information content (AvgIpc) is 2.42. The highest BCUT2D eigenvalue weighted by molar-refractivity contribution is 9.10. The monoisotopic (exact) mass is 345 g/mol. The smallest absolute Gasteiger partial charge is 0.255 e. The molecule has 1 amide bonds. The molecule has 0 aliphatic heterocycles. The summed E-state index contributed by atoms with van der Waals surface area (Å²) < 4.78 is 11.0. The molecule has 112 valence electrons.